The summed E-state index contributed by atoms with van der Waals surface area (Å²) >= 11 is 0. The molecule has 5 heteroatoms. The summed E-state index contributed by atoms with van der Waals surface area (Å²) in [5.74, 6) is 0. The van der Waals surface area contributed by atoms with E-state index in [4.69, 9.17) is 17.7 Å². The number of halogens is 1. The average Bonchev–Trinajstić information content (AvgIpc) is 2.40. The van der Waals surface area contributed by atoms with E-state index < -0.39 is 30.5 Å². The molecule has 82 valence electrons. The van der Waals surface area contributed by atoms with Crippen molar-refractivity contribution in [1.82, 2.24) is 0 Å². The van der Waals surface area contributed by atoms with Crippen LogP contribution in [0.3, 0.4) is 0 Å². The van der Waals surface area contributed by atoms with Crippen LogP contribution in [0.2, 0.25) is 0 Å². The molecule has 0 saturated carbocycles. The Kier molecular flexibility index (Phi) is 3.74. The van der Waals surface area contributed by atoms with E-state index in [2.05, 4.69) is 5.73 Å². The van der Waals surface area contributed by atoms with Gasteiger partial charge in [0.2, 0.25) is 0 Å². The maximum atomic E-state index is 14.2. The Morgan fingerprint density at radius 3 is 2.67 bits per heavy atom. The Morgan fingerprint density at radius 1 is 1.67 bits per heavy atom. The van der Waals surface area contributed by atoms with Crippen LogP contribution in [0, 0.1) is 0 Å². The van der Waals surface area contributed by atoms with Gasteiger partial charge in [0.1, 0.15) is 20.1 Å². The molecule has 1 aliphatic heterocycles. The van der Waals surface area contributed by atoms with Crippen molar-refractivity contribution in [1.29, 1.82) is 0 Å². The van der Waals surface area contributed by atoms with Crippen LogP contribution in [0.5, 0.6) is 0 Å². The van der Waals surface area contributed by atoms with Gasteiger partial charge in [0, 0.05) is 0 Å². The van der Waals surface area contributed by atoms with E-state index in [9.17, 15) is 9.50 Å². The molecule has 1 aliphatic rings. The lowest BCUT2D eigenvalue weighted by Crippen LogP contribution is -2.43. The molecule has 0 aliphatic carbocycles. The van der Waals surface area contributed by atoms with Crippen molar-refractivity contribution in [2.75, 3.05) is 6.61 Å². The molecular weight excluding hydrogens is 198 g/mol. The number of rotatable bonds is 2. The molecule has 3 nitrogen and oxygen atoms in total. The number of aliphatic hydroxyl groups excluding tert-OH is 2. The van der Waals surface area contributed by atoms with E-state index in [0.29, 0.717) is 0 Å². The number of hydrogen-bond acceptors (Lipinski definition) is 3. The van der Waals surface area contributed by atoms with Gasteiger partial charge in [0.15, 0.2) is 5.67 Å². The summed E-state index contributed by atoms with van der Waals surface area (Å²) in [7, 11) is 5.41. The molecule has 15 heavy (non-hydrogen) atoms. The maximum Gasteiger partial charge on any atom is 0.182 e. The third kappa shape index (κ3) is 2.32. The topological polar surface area (TPSA) is 49.7 Å². The summed E-state index contributed by atoms with van der Waals surface area (Å²) in [4.78, 5) is 0. The van der Waals surface area contributed by atoms with Crippen LogP contribution in [-0.2, 0) is 4.74 Å². The van der Waals surface area contributed by atoms with Crippen molar-refractivity contribution in [3.05, 3.63) is 17.4 Å². The highest BCUT2D eigenvalue weighted by molar-refractivity contribution is 6.12. The van der Waals surface area contributed by atoms with Gasteiger partial charge in [-0.1, -0.05) is 0 Å². The van der Waals surface area contributed by atoms with Crippen LogP contribution in [0.25, 0.3) is 0 Å². The second-order valence-electron chi connectivity index (χ2n) is 3.84. The lowest BCUT2D eigenvalue weighted by Gasteiger charge is -2.22. The van der Waals surface area contributed by atoms with Crippen molar-refractivity contribution in [2.24, 2.45) is 0 Å². The first-order valence-corrected chi connectivity index (χ1v) is 4.71. The van der Waals surface area contributed by atoms with E-state index >= 15 is 0 Å². The average molecular weight is 212 g/mol. The molecule has 2 radical (unpaired) electrons. The molecule has 0 spiro atoms. The van der Waals surface area contributed by atoms with Crippen molar-refractivity contribution in [3.8, 4) is 0 Å². The first-order chi connectivity index (χ1) is 6.91. The van der Waals surface area contributed by atoms with Crippen molar-refractivity contribution >= 4 is 7.85 Å². The van der Waals surface area contributed by atoms with Gasteiger partial charge in [-0.25, -0.2) is 4.39 Å². The summed E-state index contributed by atoms with van der Waals surface area (Å²) in [6.07, 6.45) is -1.39. The van der Waals surface area contributed by atoms with Gasteiger partial charge in [-0.2, -0.15) is 0 Å². The quantitative estimate of drug-likeness (QED) is 0.502. The Morgan fingerprint density at radius 2 is 2.27 bits per heavy atom. The second kappa shape index (κ2) is 4.50. The van der Waals surface area contributed by atoms with Gasteiger partial charge in [-0.05, 0) is 25.5 Å². The molecule has 0 aromatic heterocycles. The lowest BCUT2D eigenvalue weighted by molar-refractivity contribution is -0.00856. The fourth-order valence-electron chi connectivity index (χ4n) is 1.39. The number of ether oxygens (including phenoxy) is 1. The minimum Gasteiger partial charge on any atom is -0.394 e. The molecule has 1 unspecified atom stereocenters. The van der Waals surface area contributed by atoms with Gasteiger partial charge in [-0.3, -0.25) is 0 Å². The van der Waals surface area contributed by atoms with Crippen LogP contribution in [0.1, 0.15) is 13.8 Å². The number of hydrogen-bond donors (Lipinski definition) is 2. The predicted molar refractivity (Wildman–Crippen MR) is 54.3 cm³/mol. The van der Waals surface area contributed by atoms with Crippen LogP contribution < -0.4 is 0 Å². The Hall–Kier alpha value is -0.605. The van der Waals surface area contributed by atoms with E-state index in [0.717, 1.165) is 11.6 Å². The summed E-state index contributed by atoms with van der Waals surface area (Å²) in [5.41, 5.74) is 1.22. The first kappa shape index (κ1) is 12.5. The Bertz CT molecular complexity index is 297. The van der Waals surface area contributed by atoms with Gasteiger partial charge >= 0.3 is 0 Å². The normalized spacial score (nSPS) is 39.9. The third-order valence-corrected chi connectivity index (χ3v) is 2.32. The zero-order valence-corrected chi connectivity index (χ0v) is 8.77. The van der Waals surface area contributed by atoms with Gasteiger partial charge < -0.3 is 14.9 Å². The Labute approximate surface area is 89.7 Å². The van der Waals surface area contributed by atoms with E-state index in [1.807, 2.05) is 0 Å². The third-order valence-electron chi connectivity index (χ3n) is 2.32. The summed E-state index contributed by atoms with van der Waals surface area (Å²) in [6, 6.07) is -1.28. The number of aliphatic hydroxyl groups is 2. The first-order valence-electron chi connectivity index (χ1n) is 4.71. The zero-order chi connectivity index (χ0) is 11.6. The van der Waals surface area contributed by atoms with Crippen LogP contribution in [0.15, 0.2) is 17.4 Å². The minimum absolute atomic E-state index is 0.469. The van der Waals surface area contributed by atoms with Crippen LogP contribution in [-0.4, -0.2) is 48.5 Å². The molecule has 4 atom stereocenters. The van der Waals surface area contributed by atoms with Crippen molar-refractivity contribution < 1.29 is 19.3 Å². The minimum atomic E-state index is -2.19. The molecule has 1 saturated heterocycles. The smallest absolute Gasteiger partial charge is 0.182 e. The fraction of sp³-hybridized carbons (Fsp3) is 0.700. The van der Waals surface area contributed by atoms with Gasteiger partial charge in [0.25, 0.3) is 0 Å². The summed E-state index contributed by atoms with van der Waals surface area (Å²) in [5, 5.41) is 18.4. The molecule has 0 aromatic rings. The predicted octanol–water partition coefficient (Wildman–Crippen LogP) is 0.0626. The van der Waals surface area contributed by atoms with Gasteiger partial charge in [0.05, 0.1) is 12.6 Å². The highest BCUT2D eigenvalue weighted by Gasteiger charge is 2.52. The molecule has 1 fully saturated rings. The van der Waals surface area contributed by atoms with E-state index in [-0.39, 0.29) is 0 Å². The number of alkyl halides is 1. The van der Waals surface area contributed by atoms with E-state index in [1.54, 1.807) is 13.8 Å². The summed E-state index contributed by atoms with van der Waals surface area (Å²) < 4.78 is 19.0. The standard InChI is InChI=1S/C10H14BFO3/c1-6(2)3-4-10(12)8(14)7(5-13)15-9(10)11/h4,7-9,13-14H,5H2,1-2H3/t7-,8+,9-,10?/m1/s1. The maximum absolute atomic E-state index is 14.2. The van der Waals surface area contributed by atoms with Crippen molar-refractivity contribution in [3.63, 3.8) is 0 Å². The molecule has 1 rings (SSSR count). The SMILES string of the molecule is [B][C@@H]1O[C@H](CO)[C@H](O)C1(F)C=C=C(C)C. The van der Waals surface area contributed by atoms with Gasteiger partial charge in [-0.15, -0.1) is 5.73 Å². The largest absolute Gasteiger partial charge is 0.394 e. The summed E-state index contributed by atoms with van der Waals surface area (Å²) in [6.45, 7) is 3.03. The zero-order valence-electron chi connectivity index (χ0n) is 8.77. The fourth-order valence-corrected chi connectivity index (χ4v) is 1.39. The highest BCUT2D eigenvalue weighted by atomic mass is 19.1. The Balaban J connectivity index is 2.97. The monoisotopic (exact) mass is 212 g/mol. The van der Waals surface area contributed by atoms with Crippen LogP contribution >= 0.6 is 0 Å². The van der Waals surface area contributed by atoms with Crippen molar-refractivity contribution in [2.45, 2.75) is 37.7 Å². The second-order valence-corrected chi connectivity index (χ2v) is 3.84. The molecule has 2 N–H and O–H groups in total. The lowest BCUT2D eigenvalue weighted by atomic mass is 9.81. The molecular formula is C10H14BFO3. The molecule has 0 amide bonds. The highest BCUT2D eigenvalue weighted by Crippen LogP contribution is 2.34. The van der Waals surface area contributed by atoms with Crippen LogP contribution in [0.4, 0.5) is 4.39 Å². The molecule has 1 heterocycles. The molecule has 0 aromatic carbocycles. The molecule has 0 bridgehead atoms. The van der Waals surface area contributed by atoms with E-state index in [1.165, 1.54) is 0 Å².